The Kier molecular flexibility index (Phi) is 3.67. The molecule has 0 aliphatic carbocycles. The van der Waals surface area contributed by atoms with Crippen LogP contribution >= 0.6 is 0 Å². The number of halogens is 3. The molecule has 0 saturated carbocycles. The summed E-state index contributed by atoms with van der Waals surface area (Å²) in [6.07, 6.45) is -7.18. The third-order valence-electron chi connectivity index (χ3n) is 0.973. The summed E-state index contributed by atoms with van der Waals surface area (Å²) in [7, 11) is 1.28. The van der Waals surface area contributed by atoms with Crippen molar-refractivity contribution in [3.8, 4) is 0 Å². The van der Waals surface area contributed by atoms with Crippen molar-refractivity contribution in [2.24, 2.45) is 0 Å². The summed E-state index contributed by atoms with van der Waals surface area (Å²) in [4.78, 5) is 0. The zero-order valence-electron chi connectivity index (χ0n) is 5.48. The Labute approximate surface area is 56.6 Å². The molecule has 0 aromatic heterocycles. The minimum absolute atomic E-state index is 0.0827. The summed E-state index contributed by atoms with van der Waals surface area (Å²) in [5.41, 5.74) is 0. The van der Waals surface area contributed by atoms with Gasteiger partial charge < -0.3 is 9.84 Å². The maximum atomic E-state index is 11.5. The highest BCUT2D eigenvalue weighted by Crippen LogP contribution is 2.21. The van der Waals surface area contributed by atoms with Gasteiger partial charge in [-0.1, -0.05) is 0 Å². The number of hydrogen-bond donors (Lipinski definition) is 1. The van der Waals surface area contributed by atoms with E-state index in [1.807, 2.05) is 0 Å². The lowest BCUT2D eigenvalue weighted by atomic mass is 10.2. The number of ether oxygens (including phenoxy) is 1. The summed E-state index contributed by atoms with van der Waals surface area (Å²) in [5.74, 6) is 0. The van der Waals surface area contributed by atoms with Crippen LogP contribution in [-0.4, -0.2) is 31.1 Å². The first-order valence-electron chi connectivity index (χ1n) is 2.72. The van der Waals surface area contributed by atoms with E-state index in [1.165, 1.54) is 7.11 Å². The largest absolute Gasteiger partial charge is 0.414 e. The van der Waals surface area contributed by atoms with Gasteiger partial charge in [-0.05, 0) is 0 Å². The Bertz CT molecular complexity index is 91.4. The molecule has 62 valence electrons. The lowest BCUT2D eigenvalue weighted by molar-refractivity contribution is -0.207. The summed E-state index contributed by atoms with van der Waals surface area (Å²) < 4.78 is 38.7. The Balaban J connectivity index is 3.52. The highest BCUT2D eigenvalue weighted by molar-refractivity contribution is 4.63. The first-order valence-corrected chi connectivity index (χ1v) is 2.72. The fourth-order valence-corrected chi connectivity index (χ4v) is 0.393. The number of alkyl halides is 3. The second-order valence-electron chi connectivity index (χ2n) is 1.84. The van der Waals surface area contributed by atoms with E-state index in [-0.39, 0.29) is 6.61 Å². The summed E-state index contributed by atoms with van der Waals surface area (Å²) in [6, 6.07) is 0. The molecule has 0 aromatic carbocycles. The van der Waals surface area contributed by atoms with E-state index in [2.05, 4.69) is 4.74 Å². The molecule has 10 heavy (non-hydrogen) atoms. The molecule has 0 rings (SSSR count). The second-order valence-corrected chi connectivity index (χ2v) is 1.84. The number of aliphatic hydroxyl groups is 1. The Morgan fingerprint density at radius 3 is 2.30 bits per heavy atom. The Hall–Kier alpha value is -0.290. The molecule has 0 amide bonds. The SMILES string of the molecule is COCCC(O)C(F)(F)F. The van der Waals surface area contributed by atoms with Crippen LogP contribution < -0.4 is 0 Å². The first kappa shape index (κ1) is 9.71. The summed E-state index contributed by atoms with van der Waals surface area (Å²) >= 11 is 0. The highest BCUT2D eigenvalue weighted by atomic mass is 19.4. The monoisotopic (exact) mass is 158 g/mol. The van der Waals surface area contributed by atoms with Gasteiger partial charge in [0.05, 0.1) is 0 Å². The van der Waals surface area contributed by atoms with E-state index in [4.69, 9.17) is 5.11 Å². The van der Waals surface area contributed by atoms with Gasteiger partial charge in [-0.15, -0.1) is 0 Å². The Morgan fingerprint density at radius 1 is 1.50 bits per heavy atom. The summed E-state index contributed by atoms with van der Waals surface area (Å²) in [5, 5.41) is 8.31. The quantitative estimate of drug-likeness (QED) is 0.662. The van der Waals surface area contributed by atoms with Crippen molar-refractivity contribution < 1.29 is 23.0 Å². The fourth-order valence-electron chi connectivity index (χ4n) is 0.393. The fraction of sp³-hybridized carbons (Fsp3) is 1.00. The minimum Gasteiger partial charge on any atom is -0.385 e. The molecule has 0 bridgehead atoms. The van der Waals surface area contributed by atoms with Gasteiger partial charge in [-0.2, -0.15) is 13.2 Å². The van der Waals surface area contributed by atoms with Crippen LogP contribution in [0.2, 0.25) is 0 Å². The van der Waals surface area contributed by atoms with Gasteiger partial charge in [-0.3, -0.25) is 0 Å². The summed E-state index contributed by atoms with van der Waals surface area (Å²) in [6.45, 7) is -0.0827. The number of methoxy groups -OCH3 is 1. The smallest absolute Gasteiger partial charge is 0.385 e. The zero-order valence-corrected chi connectivity index (χ0v) is 5.48. The van der Waals surface area contributed by atoms with Gasteiger partial charge in [0.1, 0.15) is 0 Å². The molecule has 0 radical (unpaired) electrons. The molecular weight excluding hydrogens is 149 g/mol. The Morgan fingerprint density at radius 2 is 2.00 bits per heavy atom. The van der Waals surface area contributed by atoms with E-state index < -0.39 is 18.7 Å². The van der Waals surface area contributed by atoms with Crippen LogP contribution in [0, 0.1) is 0 Å². The second kappa shape index (κ2) is 3.78. The number of hydrogen-bond acceptors (Lipinski definition) is 2. The maximum Gasteiger partial charge on any atom is 0.414 e. The minimum atomic E-state index is -4.52. The van der Waals surface area contributed by atoms with Gasteiger partial charge in [0.25, 0.3) is 0 Å². The highest BCUT2D eigenvalue weighted by Gasteiger charge is 2.37. The predicted octanol–water partition coefficient (Wildman–Crippen LogP) is 0.946. The molecule has 0 saturated heterocycles. The van der Waals surface area contributed by atoms with Crippen molar-refractivity contribution in [1.82, 2.24) is 0 Å². The molecular formula is C5H9F3O2. The van der Waals surface area contributed by atoms with Crippen molar-refractivity contribution in [1.29, 1.82) is 0 Å². The van der Waals surface area contributed by atoms with Gasteiger partial charge in [0.15, 0.2) is 6.10 Å². The zero-order chi connectivity index (χ0) is 8.20. The van der Waals surface area contributed by atoms with Crippen LogP contribution in [0.4, 0.5) is 13.2 Å². The van der Waals surface area contributed by atoms with Crippen LogP contribution in [0.15, 0.2) is 0 Å². The predicted molar refractivity (Wildman–Crippen MR) is 28.6 cm³/mol. The molecule has 1 unspecified atom stereocenters. The van der Waals surface area contributed by atoms with Crippen LogP contribution in [0.3, 0.4) is 0 Å². The van der Waals surface area contributed by atoms with Crippen molar-refractivity contribution >= 4 is 0 Å². The topological polar surface area (TPSA) is 29.5 Å². The molecule has 0 spiro atoms. The molecule has 0 heterocycles. The molecule has 0 fully saturated rings. The van der Waals surface area contributed by atoms with Crippen LogP contribution in [0.25, 0.3) is 0 Å². The maximum absolute atomic E-state index is 11.5. The number of aliphatic hydroxyl groups excluding tert-OH is 1. The third-order valence-corrected chi connectivity index (χ3v) is 0.973. The van der Waals surface area contributed by atoms with Crippen LogP contribution in [0.1, 0.15) is 6.42 Å². The van der Waals surface area contributed by atoms with E-state index in [1.54, 1.807) is 0 Å². The average molecular weight is 158 g/mol. The van der Waals surface area contributed by atoms with Crippen LogP contribution in [-0.2, 0) is 4.74 Å². The average Bonchev–Trinajstić information content (AvgIpc) is 1.80. The molecule has 1 atom stereocenters. The lowest BCUT2D eigenvalue weighted by Gasteiger charge is -2.12. The molecule has 2 nitrogen and oxygen atoms in total. The van der Waals surface area contributed by atoms with E-state index in [9.17, 15) is 13.2 Å². The molecule has 0 aliphatic heterocycles. The van der Waals surface area contributed by atoms with Crippen molar-refractivity contribution in [2.75, 3.05) is 13.7 Å². The van der Waals surface area contributed by atoms with Gasteiger partial charge in [0.2, 0.25) is 0 Å². The normalized spacial score (nSPS) is 15.3. The van der Waals surface area contributed by atoms with Crippen LogP contribution in [0.5, 0.6) is 0 Å². The van der Waals surface area contributed by atoms with Gasteiger partial charge in [0, 0.05) is 20.1 Å². The third kappa shape index (κ3) is 3.68. The number of rotatable bonds is 3. The van der Waals surface area contributed by atoms with Crippen molar-refractivity contribution in [3.63, 3.8) is 0 Å². The molecule has 5 heteroatoms. The van der Waals surface area contributed by atoms with E-state index in [0.717, 1.165) is 0 Å². The van der Waals surface area contributed by atoms with Crippen molar-refractivity contribution in [2.45, 2.75) is 18.7 Å². The standard InChI is InChI=1S/C5H9F3O2/c1-10-3-2-4(9)5(6,7)8/h4,9H,2-3H2,1H3. The van der Waals surface area contributed by atoms with Gasteiger partial charge in [-0.25, -0.2) is 0 Å². The van der Waals surface area contributed by atoms with Crippen molar-refractivity contribution in [3.05, 3.63) is 0 Å². The molecule has 0 aliphatic rings. The lowest BCUT2D eigenvalue weighted by Crippen LogP contribution is -2.29. The van der Waals surface area contributed by atoms with E-state index >= 15 is 0 Å². The first-order chi connectivity index (χ1) is 4.48. The molecule has 1 N–H and O–H groups in total. The van der Waals surface area contributed by atoms with Gasteiger partial charge >= 0.3 is 6.18 Å². The van der Waals surface area contributed by atoms with E-state index in [0.29, 0.717) is 0 Å². The molecule has 0 aromatic rings.